The number of nitriles is 2. The van der Waals surface area contributed by atoms with Gasteiger partial charge in [-0.05, 0) is 35.4 Å². The zero-order valence-electron chi connectivity index (χ0n) is 20.9. The number of methoxy groups -OCH3 is 2. The van der Waals surface area contributed by atoms with Gasteiger partial charge >= 0.3 is 0 Å². The molecule has 0 saturated heterocycles. The molecule has 38 heavy (non-hydrogen) atoms. The van der Waals surface area contributed by atoms with Gasteiger partial charge in [-0.25, -0.2) is 0 Å². The van der Waals surface area contributed by atoms with E-state index in [1.165, 1.54) is 14.2 Å². The van der Waals surface area contributed by atoms with Gasteiger partial charge in [-0.2, -0.15) is 10.5 Å². The van der Waals surface area contributed by atoms with Crippen molar-refractivity contribution in [3.05, 3.63) is 131 Å². The third kappa shape index (κ3) is 4.09. The lowest BCUT2D eigenvalue weighted by Crippen LogP contribution is -2.57. The lowest BCUT2D eigenvalue weighted by atomic mass is 9.53. The summed E-state index contributed by atoms with van der Waals surface area (Å²) in [5, 5.41) is 22.0. The standard InChI is InChI=1S/C32H24N2O4/c1-37-27-17-13-25(14-18-27)31(21-33,29(35)23-9-5-3-6-10-23)32(22-34,26-15-19-28(38-2)20-16-26)30(36)24-11-7-4-8-12-24/h3-20H,1-2H3. The normalized spacial score (nSPS) is 13.6. The molecule has 2 unspecified atom stereocenters. The molecule has 0 fully saturated rings. The fraction of sp³-hybridized carbons (Fsp3) is 0.125. The second-order valence-corrected chi connectivity index (χ2v) is 8.57. The molecule has 0 heterocycles. The first kappa shape index (κ1) is 25.9. The molecule has 6 heteroatoms. The van der Waals surface area contributed by atoms with Gasteiger partial charge in [-0.1, -0.05) is 84.9 Å². The van der Waals surface area contributed by atoms with Crippen LogP contribution in [0, 0.1) is 22.7 Å². The van der Waals surface area contributed by atoms with Gasteiger partial charge in [0, 0.05) is 11.1 Å². The predicted octanol–water partition coefficient (Wildman–Crippen LogP) is 5.69. The minimum atomic E-state index is -2.27. The molecule has 2 atom stereocenters. The summed E-state index contributed by atoms with van der Waals surface area (Å²) >= 11 is 0. The summed E-state index contributed by atoms with van der Waals surface area (Å²) in [5.41, 5.74) is -3.77. The Kier molecular flexibility index (Phi) is 7.37. The number of benzene rings is 4. The Labute approximate surface area is 221 Å². The fourth-order valence-electron chi connectivity index (χ4n) is 4.73. The summed E-state index contributed by atoms with van der Waals surface area (Å²) in [6.07, 6.45) is 0. The van der Waals surface area contributed by atoms with E-state index in [1.807, 2.05) is 0 Å². The highest BCUT2D eigenvalue weighted by atomic mass is 16.5. The van der Waals surface area contributed by atoms with Gasteiger partial charge in [0.15, 0.2) is 22.4 Å². The number of Topliss-reactive ketones (excluding diaryl/α,β-unsaturated/α-hetero) is 2. The van der Waals surface area contributed by atoms with Gasteiger partial charge < -0.3 is 9.47 Å². The van der Waals surface area contributed by atoms with E-state index in [0.29, 0.717) is 11.5 Å². The van der Waals surface area contributed by atoms with E-state index >= 15 is 0 Å². The second kappa shape index (κ2) is 10.8. The van der Waals surface area contributed by atoms with Crippen molar-refractivity contribution in [2.45, 2.75) is 10.8 Å². The van der Waals surface area contributed by atoms with Crippen molar-refractivity contribution in [3.63, 3.8) is 0 Å². The van der Waals surface area contributed by atoms with Crippen LogP contribution in [-0.2, 0) is 10.8 Å². The van der Waals surface area contributed by atoms with Crippen molar-refractivity contribution in [1.29, 1.82) is 10.5 Å². The van der Waals surface area contributed by atoms with Crippen molar-refractivity contribution in [2.24, 2.45) is 0 Å². The smallest absolute Gasteiger partial charge is 0.190 e. The first-order chi connectivity index (χ1) is 18.5. The molecular weight excluding hydrogens is 476 g/mol. The SMILES string of the molecule is COc1ccc(C(C#N)(C(=O)c2ccccc2)C(C#N)(C(=O)c2ccccc2)c2ccc(OC)cc2)cc1. The van der Waals surface area contributed by atoms with Crippen molar-refractivity contribution < 1.29 is 19.1 Å². The number of ether oxygens (including phenoxy) is 2. The number of nitrogens with zero attached hydrogens (tertiary/aromatic N) is 2. The molecule has 4 aromatic carbocycles. The van der Waals surface area contributed by atoms with Gasteiger partial charge in [0.1, 0.15) is 11.5 Å². The number of ketones is 2. The second-order valence-electron chi connectivity index (χ2n) is 8.57. The van der Waals surface area contributed by atoms with Crippen LogP contribution < -0.4 is 9.47 Å². The average molecular weight is 501 g/mol. The highest BCUT2D eigenvalue weighted by molar-refractivity contribution is 6.17. The van der Waals surface area contributed by atoms with Gasteiger partial charge in [0.05, 0.1) is 26.4 Å². The molecular formula is C32H24N2O4. The zero-order valence-corrected chi connectivity index (χ0v) is 20.9. The minimum absolute atomic E-state index is 0.191. The van der Waals surface area contributed by atoms with Crippen LogP contribution in [0.2, 0.25) is 0 Å². The number of hydrogen-bond donors (Lipinski definition) is 0. The highest BCUT2D eigenvalue weighted by Gasteiger charge is 2.64. The van der Waals surface area contributed by atoms with Crippen LogP contribution in [-0.4, -0.2) is 25.8 Å². The first-order valence-electron chi connectivity index (χ1n) is 11.8. The Morgan fingerprint density at radius 2 is 0.868 bits per heavy atom. The lowest BCUT2D eigenvalue weighted by Gasteiger charge is -2.40. The molecule has 0 spiro atoms. The molecule has 0 aromatic heterocycles. The Bertz CT molecular complexity index is 1400. The molecule has 0 N–H and O–H groups in total. The third-order valence-electron chi connectivity index (χ3n) is 6.70. The van der Waals surface area contributed by atoms with E-state index in [0.717, 1.165) is 0 Å². The van der Waals surface area contributed by atoms with E-state index < -0.39 is 22.4 Å². The van der Waals surface area contributed by atoms with Crippen LogP contribution in [0.4, 0.5) is 0 Å². The molecule has 0 bridgehead atoms. The Morgan fingerprint density at radius 3 is 1.13 bits per heavy atom. The van der Waals surface area contributed by atoms with Gasteiger partial charge in [-0.15, -0.1) is 0 Å². The van der Waals surface area contributed by atoms with Gasteiger partial charge in [-0.3, -0.25) is 9.59 Å². The van der Waals surface area contributed by atoms with E-state index in [4.69, 9.17) is 9.47 Å². The number of hydrogen-bond acceptors (Lipinski definition) is 6. The van der Waals surface area contributed by atoms with Gasteiger partial charge in [0.2, 0.25) is 0 Å². The van der Waals surface area contributed by atoms with E-state index in [2.05, 4.69) is 12.1 Å². The number of carbonyl (C=O) groups excluding carboxylic acids is 2. The van der Waals surface area contributed by atoms with Crippen LogP contribution >= 0.6 is 0 Å². The topological polar surface area (TPSA) is 100 Å². The lowest BCUT2D eigenvalue weighted by molar-refractivity contribution is 0.0769. The zero-order chi connectivity index (χ0) is 27.2. The summed E-state index contributed by atoms with van der Waals surface area (Å²) < 4.78 is 10.6. The summed E-state index contributed by atoms with van der Waals surface area (Å²) in [7, 11) is 3.00. The van der Waals surface area contributed by atoms with Crippen LogP contribution in [0.25, 0.3) is 0 Å². The largest absolute Gasteiger partial charge is 0.497 e. The van der Waals surface area contributed by atoms with Crippen molar-refractivity contribution in [3.8, 4) is 23.6 Å². The van der Waals surface area contributed by atoms with Crippen LogP contribution in [0.15, 0.2) is 109 Å². The summed E-state index contributed by atoms with van der Waals surface area (Å²) in [5.74, 6) is -0.358. The van der Waals surface area contributed by atoms with Crippen LogP contribution in [0.3, 0.4) is 0 Å². The van der Waals surface area contributed by atoms with Crippen LogP contribution in [0.5, 0.6) is 11.5 Å². The maximum atomic E-state index is 14.5. The van der Waals surface area contributed by atoms with Crippen molar-refractivity contribution in [1.82, 2.24) is 0 Å². The summed E-state index contributed by atoms with van der Waals surface area (Å²) in [6, 6.07) is 33.4. The van der Waals surface area contributed by atoms with E-state index in [9.17, 15) is 20.1 Å². The molecule has 0 saturated carbocycles. The summed E-state index contributed by atoms with van der Waals surface area (Å²) in [6.45, 7) is 0. The molecule has 0 aliphatic rings. The van der Waals surface area contributed by atoms with E-state index in [-0.39, 0.29) is 22.3 Å². The first-order valence-corrected chi connectivity index (χ1v) is 11.8. The van der Waals surface area contributed by atoms with Crippen molar-refractivity contribution in [2.75, 3.05) is 14.2 Å². The predicted molar refractivity (Wildman–Crippen MR) is 142 cm³/mol. The average Bonchev–Trinajstić information content (AvgIpc) is 3.00. The monoisotopic (exact) mass is 500 g/mol. The third-order valence-corrected chi connectivity index (χ3v) is 6.70. The quantitative estimate of drug-likeness (QED) is 0.274. The molecule has 4 rings (SSSR count). The Balaban J connectivity index is 2.16. The molecule has 0 aliphatic carbocycles. The molecule has 186 valence electrons. The van der Waals surface area contributed by atoms with Gasteiger partial charge in [0.25, 0.3) is 0 Å². The number of carbonyl (C=O) groups is 2. The minimum Gasteiger partial charge on any atom is -0.497 e. The van der Waals surface area contributed by atoms with E-state index in [1.54, 1.807) is 109 Å². The molecule has 0 aliphatic heterocycles. The number of rotatable bonds is 9. The summed E-state index contributed by atoms with van der Waals surface area (Å²) in [4.78, 5) is 29.0. The molecule has 0 radical (unpaired) electrons. The highest BCUT2D eigenvalue weighted by Crippen LogP contribution is 2.49. The fourth-order valence-corrected chi connectivity index (χ4v) is 4.73. The molecule has 4 aromatic rings. The van der Waals surface area contributed by atoms with Crippen LogP contribution in [0.1, 0.15) is 31.8 Å². The van der Waals surface area contributed by atoms with Crippen molar-refractivity contribution >= 4 is 11.6 Å². The molecule has 6 nitrogen and oxygen atoms in total. The Morgan fingerprint density at radius 1 is 0.553 bits per heavy atom. The maximum Gasteiger partial charge on any atom is 0.190 e. The Hall–Kier alpha value is -5.20. The maximum absolute atomic E-state index is 14.5. The molecule has 0 amide bonds.